The second-order valence-electron chi connectivity index (χ2n) is 5.63. The smallest absolute Gasteiger partial charge is 0.419 e. The van der Waals surface area contributed by atoms with Gasteiger partial charge < -0.3 is 19.5 Å². The summed E-state index contributed by atoms with van der Waals surface area (Å²) in [5.74, 6) is -2.00. The standard InChI is InChI=1S/C16H18F3NO5/c1-10(25-13-5-3-2-4-12(13)16(17,18)19)15(23)20-6-7-24-11(9-20)8-14(21)22/h2-5,10-11H,6-9H2,1H3,(H,21,22)/t10-,11+/m1/s1. The summed E-state index contributed by atoms with van der Waals surface area (Å²) in [6, 6.07) is 4.66. The van der Waals surface area contributed by atoms with Crippen molar-refractivity contribution in [3.63, 3.8) is 0 Å². The molecule has 1 heterocycles. The van der Waals surface area contributed by atoms with Crippen molar-refractivity contribution in [3.05, 3.63) is 29.8 Å². The van der Waals surface area contributed by atoms with Crippen LogP contribution < -0.4 is 4.74 Å². The second kappa shape index (κ2) is 7.73. The van der Waals surface area contributed by atoms with Gasteiger partial charge in [-0.3, -0.25) is 9.59 Å². The van der Waals surface area contributed by atoms with Crippen LogP contribution in [-0.2, 0) is 20.5 Å². The van der Waals surface area contributed by atoms with Crippen molar-refractivity contribution in [2.75, 3.05) is 19.7 Å². The number of halogens is 3. The highest BCUT2D eigenvalue weighted by Gasteiger charge is 2.35. The fourth-order valence-electron chi connectivity index (χ4n) is 2.54. The first-order chi connectivity index (χ1) is 11.7. The maximum absolute atomic E-state index is 13.0. The number of amides is 1. The third-order valence-corrected chi connectivity index (χ3v) is 3.70. The molecule has 2 atom stereocenters. The quantitative estimate of drug-likeness (QED) is 0.870. The lowest BCUT2D eigenvalue weighted by atomic mass is 10.1. The van der Waals surface area contributed by atoms with Crippen LogP contribution in [0.2, 0.25) is 0 Å². The van der Waals surface area contributed by atoms with Gasteiger partial charge >= 0.3 is 12.1 Å². The van der Waals surface area contributed by atoms with Gasteiger partial charge in [-0.1, -0.05) is 12.1 Å². The van der Waals surface area contributed by atoms with Crippen LogP contribution in [0.1, 0.15) is 18.9 Å². The molecule has 1 aromatic rings. The predicted octanol–water partition coefficient (Wildman–Crippen LogP) is 2.17. The van der Waals surface area contributed by atoms with E-state index in [0.717, 1.165) is 12.1 Å². The van der Waals surface area contributed by atoms with Crippen molar-refractivity contribution in [2.45, 2.75) is 31.7 Å². The normalized spacial score (nSPS) is 19.4. The number of nitrogens with zero attached hydrogens (tertiary/aromatic N) is 1. The molecule has 25 heavy (non-hydrogen) atoms. The van der Waals surface area contributed by atoms with Crippen LogP contribution in [0.25, 0.3) is 0 Å². The number of morpholine rings is 1. The molecule has 0 radical (unpaired) electrons. The topological polar surface area (TPSA) is 76.1 Å². The van der Waals surface area contributed by atoms with Crippen molar-refractivity contribution >= 4 is 11.9 Å². The molecule has 0 bridgehead atoms. The van der Waals surface area contributed by atoms with Crippen molar-refractivity contribution in [2.24, 2.45) is 0 Å². The highest BCUT2D eigenvalue weighted by atomic mass is 19.4. The summed E-state index contributed by atoms with van der Waals surface area (Å²) in [6.45, 7) is 1.80. The molecule has 1 saturated heterocycles. The Balaban J connectivity index is 2.05. The maximum Gasteiger partial charge on any atom is 0.419 e. The van der Waals surface area contributed by atoms with Gasteiger partial charge in [0.2, 0.25) is 0 Å². The van der Waals surface area contributed by atoms with Crippen LogP contribution in [0.15, 0.2) is 24.3 Å². The minimum Gasteiger partial charge on any atom is -0.481 e. The number of benzene rings is 1. The molecule has 1 N–H and O–H groups in total. The van der Waals surface area contributed by atoms with Crippen LogP contribution in [-0.4, -0.2) is 53.8 Å². The largest absolute Gasteiger partial charge is 0.481 e. The molecule has 9 heteroatoms. The number of rotatable bonds is 5. The number of carbonyl (C=O) groups excluding carboxylic acids is 1. The van der Waals surface area contributed by atoms with Crippen LogP contribution in [0.3, 0.4) is 0 Å². The van der Waals surface area contributed by atoms with Crippen LogP contribution in [0.5, 0.6) is 5.75 Å². The molecule has 0 unspecified atom stereocenters. The highest BCUT2D eigenvalue weighted by Crippen LogP contribution is 2.36. The Morgan fingerprint density at radius 3 is 2.72 bits per heavy atom. The Bertz CT molecular complexity index is 634. The lowest BCUT2D eigenvalue weighted by Gasteiger charge is -2.34. The number of carboxylic acid groups (broad SMARTS) is 1. The number of carbonyl (C=O) groups is 2. The van der Waals surface area contributed by atoms with Gasteiger partial charge in [0, 0.05) is 13.1 Å². The van der Waals surface area contributed by atoms with E-state index >= 15 is 0 Å². The van der Waals surface area contributed by atoms with E-state index in [1.54, 1.807) is 0 Å². The Kier molecular flexibility index (Phi) is 5.89. The molecule has 1 aromatic carbocycles. The zero-order valence-electron chi connectivity index (χ0n) is 13.5. The van der Waals surface area contributed by atoms with E-state index < -0.39 is 41.6 Å². The Labute approximate surface area is 142 Å². The number of alkyl halides is 3. The van der Waals surface area contributed by atoms with Crippen LogP contribution in [0.4, 0.5) is 13.2 Å². The molecule has 1 fully saturated rings. The van der Waals surface area contributed by atoms with E-state index in [9.17, 15) is 22.8 Å². The van der Waals surface area contributed by atoms with E-state index in [-0.39, 0.29) is 26.1 Å². The number of hydrogen-bond acceptors (Lipinski definition) is 4. The molecule has 0 aromatic heterocycles. The fourth-order valence-corrected chi connectivity index (χ4v) is 2.54. The third-order valence-electron chi connectivity index (χ3n) is 3.70. The first-order valence-electron chi connectivity index (χ1n) is 7.63. The molecule has 0 spiro atoms. The summed E-state index contributed by atoms with van der Waals surface area (Å²) >= 11 is 0. The SMILES string of the molecule is C[C@@H](Oc1ccccc1C(F)(F)F)C(=O)N1CCO[C@@H](CC(=O)O)C1. The van der Waals surface area contributed by atoms with Crippen molar-refractivity contribution in [1.82, 2.24) is 4.90 Å². The van der Waals surface area contributed by atoms with E-state index in [4.69, 9.17) is 14.6 Å². The second-order valence-corrected chi connectivity index (χ2v) is 5.63. The van der Waals surface area contributed by atoms with Gasteiger partial charge in [-0.2, -0.15) is 13.2 Å². The molecule has 0 saturated carbocycles. The molecule has 1 amide bonds. The van der Waals surface area contributed by atoms with Crippen molar-refractivity contribution in [3.8, 4) is 5.75 Å². The zero-order valence-corrected chi connectivity index (χ0v) is 13.5. The van der Waals surface area contributed by atoms with Gasteiger partial charge in [0.25, 0.3) is 5.91 Å². The van der Waals surface area contributed by atoms with E-state index in [1.165, 1.54) is 24.0 Å². The highest BCUT2D eigenvalue weighted by molar-refractivity contribution is 5.81. The number of hydrogen-bond donors (Lipinski definition) is 1. The third kappa shape index (κ3) is 5.09. The van der Waals surface area contributed by atoms with Crippen LogP contribution in [0, 0.1) is 0 Å². The Morgan fingerprint density at radius 1 is 1.40 bits per heavy atom. The van der Waals surface area contributed by atoms with Gasteiger partial charge in [-0.15, -0.1) is 0 Å². The van der Waals surface area contributed by atoms with Gasteiger partial charge in [-0.25, -0.2) is 0 Å². The Morgan fingerprint density at radius 2 is 2.08 bits per heavy atom. The zero-order chi connectivity index (χ0) is 18.6. The maximum atomic E-state index is 13.0. The summed E-state index contributed by atoms with van der Waals surface area (Å²) in [5.41, 5.74) is -0.958. The first-order valence-corrected chi connectivity index (χ1v) is 7.63. The van der Waals surface area contributed by atoms with Crippen LogP contribution >= 0.6 is 0 Å². The minimum atomic E-state index is -4.59. The summed E-state index contributed by atoms with van der Waals surface area (Å²) in [4.78, 5) is 24.5. The van der Waals surface area contributed by atoms with Crippen molar-refractivity contribution < 1.29 is 37.3 Å². The molecule has 138 valence electrons. The molecular formula is C16H18F3NO5. The van der Waals surface area contributed by atoms with Crippen molar-refractivity contribution in [1.29, 1.82) is 0 Å². The van der Waals surface area contributed by atoms with Gasteiger partial charge in [0.15, 0.2) is 6.10 Å². The van der Waals surface area contributed by atoms with E-state index in [1.807, 2.05) is 0 Å². The molecule has 6 nitrogen and oxygen atoms in total. The van der Waals surface area contributed by atoms with Gasteiger partial charge in [0.05, 0.1) is 24.7 Å². The minimum absolute atomic E-state index is 0.0553. The predicted molar refractivity (Wildman–Crippen MR) is 80.1 cm³/mol. The van der Waals surface area contributed by atoms with Gasteiger partial charge in [0.1, 0.15) is 5.75 Å². The summed E-state index contributed by atoms with van der Waals surface area (Å²) in [7, 11) is 0. The summed E-state index contributed by atoms with van der Waals surface area (Å²) in [5, 5.41) is 8.79. The molecule has 1 aliphatic heterocycles. The number of ether oxygens (including phenoxy) is 2. The monoisotopic (exact) mass is 361 g/mol. The van der Waals surface area contributed by atoms with Gasteiger partial charge in [-0.05, 0) is 19.1 Å². The van der Waals surface area contributed by atoms with E-state index in [0.29, 0.717) is 0 Å². The number of para-hydroxylation sites is 1. The lowest BCUT2D eigenvalue weighted by molar-refractivity contribution is -0.152. The fraction of sp³-hybridized carbons (Fsp3) is 0.500. The number of aliphatic carboxylic acids is 1. The molecule has 1 aliphatic rings. The first kappa shape index (κ1) is 19.0. The summed E-state index contributed by atoms with van der Waals surface area (Å²) < 4.78 is 49.4. The average molecular weight is 361 g/mol. The summed E-state index contributed by atoms with van der Waals surface area (Å²) in [6.07, 6.45) is -6.64. The van der Waals surface area contributed by atoms with E-state index in [2.05, 4.69) is 0 Å². The molecule has 0 aliphatic carbocycles. The molecular weight excluding hydrogens is 343 g/mol. The number of carboxylic acids is 1. The Hall–Kier alpha value is -2.29. The lowest BCUT2D eigenvalue weighted by Crippen LogP contribution is -2.50. The molecule has 2 rings (SSSR count). The average Bonchev–Trinajstić information content (AvgIpc) is 2.53.